The summed E-state index contributed by atoms with van der Waals surface area (Å²) in [5, 5.41) is 12.8. The Labute approximate surface area is 148 Å². The second-order valence-electron chi connectivity index (χ2n) is 7.31. The Morgan fingerprint density at radius 2 is 2.04 bits per heavy atom. The first-order chi connectivity index (χ1) is 12.0. The summed E-state index contributed by atoms with van der Waals surface area (Å²) in [7, 11) is 0. The minimum absolute atomic E-state index is 0.0108. The number of nitrogens with one attached hydrogen (secondary N) is 1. The first-order valence-corrected chi connectivity index (χ1v) is 9.16. The van der Waals surface area contributed by atoms with Crippen molar-refractivity contribution in [1.82, 2.24) is 15.2 Å². The minimum Gasteiger partial charge on any atom is -0.393 e. The van der Waals surface area contributed by atoms with E-state index in [0.29, 0.717) is 25.4 Å². The Morgan fingerprint density at radius 3 is 2.60 bits per heavy atom. The van der Waals surface area contributed by atoms with Crippen molar-refractivity contribution in [1.29, 1.82) is 0 Å². The highest BCUT2D eigenvalue weighted by molar-refractivity contribution is 5.80. The van der Waals surface area contributed by atoms with Crippen molar-refractivity contribution in [2.75, 3.05) is 13.1 Å². The smallest absolute Gasteiger partial charge is 0.223 e. The molecule has 2 aliphatic rings. The van der Waals surface area contributed by atoms with E-state index in [1.165, 1.54) is 0 Å². The van der Waals surface area contributed by atoms with Crippen LogP contribution in [0.5, 0.6) is 0 Å². The standard InChI is InChI=1S/C19H27N3O3/c1-13(23)22-8-5-14(6-9-22)19(25)21-18(15-10-17(24)11-15)12-16-4-2-3-7-20-16/h2-4,7,14-15,17-18,24H,5-6,8-12H2,1H3,(H,21,25)/t15?,17?,18-/m0/s1. The average molecular weight is 345 g/mol. The van der Waals surface area contributed by atoms with E-state index in [4.69, 9.17) is 0 Å². The summed E-state index contributed by atoms with van der Waals surface area (Å²) >= 11 is 0. The van der Waals surface area contributed by atoms with Crippen LogP contribution in [0.4, 0.5) is 0 Å². The quantitative estimate of drug-likeness (QED) is 0.838. The molecule has 0 unspecified atom stereocenters. The Hall–Kier alpha value is -1.95. The molecule has 1 saturated carbocycles. The zero-order valence-corrected chi connectivity index (χ0v) is 14.7. The lowest BCUT2D eigenvalue weighted by Gasteiger charge is -2.39. The second-order valence-corrected chi connectivity index (χ2v) is 7.31. The summed E-state index contributed by atoms with van der Waals surface area (Å²) in [4.78, 5) is 30.3. The number of aliphatic hydroxyl groups excluding tert-OH is 1. The van der Waals surface area contributed by atoms with E-state index in [1.807, 2.05) is 18.2 Å². The number of nitrogens with zero attached hydrogens (tertiary/aromatic N) is 2. The monoisotopic (exact) mass is 345 g/mol. The van der Waals surface area contributed by atoms with E-state index in [0.717, 1.165) is 31.4 Å². The van der Waals surface area contributed by atoms with Gasteiger partial charge in [0.25, 0.3) is 0 Å². The van der Waals surface area contributed by atoms with E-state index in [-0.39, 0.29) is 29.9 Å². The third kappa shape index (κ3) is 4.57. The molecule has 0 bridgehead atoms. The highest BCUT2D eigenvalue weighted by Gasteiger charge is 2.36. The molecule has 2 amide bonds. The summed E-state index contributed by atoms with van der Waals surface area (Å²) in [5.41, 5.74) is 0.959. The summed E-state index contributed by atoms with van der Waals surface area (Å²) in [5.74, 6) is 0.422. The van der Waals surface area contributed by atoms with E-state index in [1.54, 1.807) is 18.0 Å². The van der Waals surface area contributed by atoms with Crippen molar-refractivity contribution in [3.05, 3.63) is 30.1 Å². The van der Waals surface area contributed by atoms with Gasteiger partial charge in [-0.25, -0.2) is 0 Å². The number of rotatable bonds is 5. The lowest BCUT2D eigenvalue weighted by Crippen LogP contribution is -2.51. The Bertz CT molecular complexity index is 593. The van der Waals surface area contributed by atoms with Crippen LogP contribution < -0.4 is 5.32 Å². The highest BCUT2D eigenvalue weighted by atomic mass is 16.3. The topological polar surface area (TPSA) is 82.5 Å². The molecule has 0 radical (unpaired) electrons. The van der Waals surface area contributed by atoms with E-state index < -0.39 is 0 Å². The molecular weight excluding hydrogens is 318 g/mol. The van der Waals surface area contributed by atoms with Crippen LogP contribution in [0.1, 0.15) is 38.3 Å². The fourth-order valence-corrected chi connectivity index (χ4v) is 3.80. The third-order valence-electron chi connectivity index (χ3n) is 5.51. The zero-order chi connectivity index (χ0) is 17.8. The molecule has 1 aromatic heterocycles. The molecule has 6 nitrogen and oxygen atoms in total. The van der Waals surface area contributed by atoms with Crippen molar-refractivity contribution in [2.45, 2.75) is 51.2 Å². The molecule has 6 heteroatoms. The van der Waals surface area contributed by atoms with Gasteiger partial charge in [-0.2, -0.15) is 0 Å². The Morgan fingerprint density at radius 1 is 1.32 bits per heavy atom. The lowest BCUT2D eigenvalue weighted by molar-refractivity contribution is -0.134. The summed E-state index contributed by atoms with van der Waals surface area (Å²) < 4.78 is 0. The van der Waals surface area contributed by atoms with Crippen molar-refractivity contribution in [3.8, 4) is 0 Å². The molecular formula is C19H27N3O3. The molecule has 3 rings (SSSR count). The van der Waals surface area contributed by atoms with Crippen LogP contribution in [-0.2, 0) is 16.0 Å². The third-order valence-corrected chi connectivity index (χ3v) is 5.51. The van der Waals surface area contributed by atoms with Crippen LogP contribution in [0.2, 0.25) is 0 Å². The van der Waals surface area contributed by atoms with Gasteiger partial charge >= 0.3 is 0 Å². The van der Waals surface area contributed by atoms with Gasteiger partial charge in [0.2, 0.25) is 11.8 Å². The van der Waals surface area contributed by atoms with Crippen LogP contribution >= 0.6 is 0 Å². The molecule has 2 heterocycles. The molecule has 2 N–H and O–H groups in total. The van der Waals surface area contributed by atoms with E-state index in [9.17, 15) is 14.7 Å². The molecule has 1 atom stereocenters. The summed E-state index contributed by atoms with van der Waals surface area (Å²) in [6.07, 6.45) is 5.12. The molecule has 1 saturated heterocycles. The molecule has 0 spiro atoms. The van der Waals surface area contributed by atoms with Crippen LogP contribution in [0.15, 0.2) is 24.4 Å². The van der Waals surface area contributed by atoms with Crippen LogP contribution in [-0.4, -0.2) is 52.0 Å². The normalized spacial score (nSPS) is 25.1. The van der Waals surface area contributed by atoms with E-state index >= 15 is 0 Å². The molecule has 1 aromatic rings. The lowest BCUT2D eigenvalue weighted by atomic mass is 9.75. The predicted octanol–water partition coefficient (Wildman–Crippen LogP) is 1.14. The van der Waals surface area contributed by atoms with Gasteiger partial charge < -0.3 is 15.3 Å². The van der Waals surface area contributed by atoms with E-state index in [2.05, 4.69) is 10.3 Å². The number of piperidine rings is 1. The van der Waals surface area contributed by atoms with Gasteiger partial charge in [-0.1, -0.05) is 6.07 Å². The maximum atomic E-state index is 12.7. The number of aromatic nitrogens is 1. The number of hydrogen-bond acceptors (Lipinski definition) is 4. The molecule has 136 valence electrons. The molecule has 25 heavy (non-hydrogen) atoms. The number of likely N-dealkylation sites (tertiary alicyclic amines) is 1. The van der Waals surface area contributed by atoms with Gasteiger partial charge in [-0.15, -0.1) is 0 Å². The van der Waals surface area contributed by atoms with Crippen LogP contribution in [0.25, 0.3) is 0 Å². The Kier molecular flexibility index (Phi) is 5.68. The van der Waals surface area contributed by atoms with Gasteiger partial charge in [0, 0.05) is 50.3 Å². The molecule has 1 aliphatic carbocycles. The first kappa shape index (κ1) is 17.9. The van der Waals surface area contributed by atoms with Gasteiger partial charge in [0.1, 0.15) is 0 Å². The molecule has 0 aromatic carbocycles. The maximum Gasteiger partial charge on any atom is 0.223 e. The highest BCUT2D eigenvalue weighted by Crippen LogP contribution is 2.32. The largest absolute Gasteiger partial charge is 0.393 e. The van der Waals surface area contributed by atoms with Crippen LogP contribution in [0, 0.1) is 11.8 Å². The molecule has 2 fully saturated rings. The fourth-order valence-electron chi connectivity index (χ4n) is 3.80. The predicted molar refractivity (Wildman–Crippen MR) is 93.6 cm³/mol. The minimum atomic E-state index is -0.244. The first-order valence-electron chi connectivity index (χ1n) is 9.16. The number of hydrogen-bond donors (Lipinski definition) is 2. The SMILES string of the molecule is CC(=O)N1CCC(C(=O)N[C@@H](Cc2ccccn2)C2CC(O)C2)CC1. The number of carbonyl (C=O) groups excluding carboxylic acids is 2. The fraction of sp³-hybridized carbons (Fsp3) is 0.632. The number of aliphatic hydroxyl groups is 1. The zero-order valence-electron chi connectivity index (χ0n) is 14.7. The Balaban J connectivity index is 1.58. The maximum absolute atomic E-state index is 12.7. The van der Waals surface area contributed by atoms with Gasteiger partial charge in [-0.3, -0.25) is 14.6 Å². The summed E-state index contributed by atoms with van der Waals surface area (Å²) in [6.45, 7) is 2.88. The van der Waals surface area contributed by atoms with Crippen LogP contribution in [0.3, 0.4) is 0 Å². The van der Waals surface area contributed by atoms with Gasteiger partial charge in [0.05, 0.1) is 6.10 Å². The second kappa shape index (κ2) is 7.95. The van der Waals surface area contributed by atoms with Gasteiger partial charge in [0.15, 0.2) is 0 Å². The number of carbonyl (C=O) groups is 2. The van der Waals surface area contributed by atoms with Crippen molar-refractivity contribution >= 4 is 11.8 Å². The average Bonchev–Trinajstić information content (AvgIpc) is 2.59. The number of amides is 2. The number of pyridine rings is 1. The van der Waals surface area contributed by atoms with Gasteiger partial charge in [-0.05, 0) is 43.7 Å². The summed E-state index contributed by atoms with van der Waals surface area (Å²) in [6, 6.07) is 5.82. The van der Waals surface area contributed by atoms with Crippen molar-refractivity contribution < 1.29 is 14.7 Å². The van der Waals surface area contributed by atoms with Crippen molar-refractivity contribution in [3.63, 3.8) is 0 Å². The van der Waals surface area contributed by atoms with Crippen molar-refractivity contribution in [2.24, 2.45) is 11.8 Å². The molecule has 1 aliphatic heterocycles.